The van der Waals surface area contributed by atoms with Crippen LogP contribution in [0.15, 0.2) is 53.4 Å². The van der Waals surface area contributed by atoms with E-state index in [9.17, 15) is 12.8 Å². The van der Waals surface area contributed by atoms with E-state index in [1.165, 1.54) is 24.3 Å². The highest BCUT2D eigenvalue weighted by molar-refractivity contribution is 8.13. The van der Waals surface area contributed by atoms with E-state index >= 15 is 0 Å². The van der Waals surface area contributed by atoms with Crippen molar-refractivity contribution in [1.29, 1.82) is 0 Å². The van der Waals surface area contributed by atoms with Crippen LogP contribution in [0.1, 0.15) is 0 Å². The highest BCUT2D eigenvalue weighted by Gasteiger charge is 2.10. The van der Waals surface area contributed by atoms with Crippen LogP contribution in [0.5, 0.6) is 0 Å². The van der Waals surface area contributed by atoms with Crippen molar-refractivity contribution in [3.05, 3.63) is 54.3 Å². The molecule has 0 aliphatic carbocycles. The molecule has 0 fully saturated rings. The molecule has 0 spiro atoms. The zero-order chi connectivity index (χ0) is 12.5. The minimum atomic E-state index is -3.76. The van der Waals surface area contributed by atoms with E-state index in [4.69, 9.17) is 10.7 Å². The van der Waals surface area contributed by atoms with Crippen LogP contribution in [-0.2, 0) is 9.05 Å². The van der Waals surface area contributed by atoms with Gasteiger partial charge >= 0.3 is 0 Å². The molecular weight excluding hydrogens is 263 g/mol. The molecule has 0 amide bonds. The Hall–Kier alpha value is -1.39. The number of rotatable bonds is 2. The summed E-state index contributed by atoms with van der Waals surface area (Å²) in [5, 5.41) is 0. The maximum Gasteiger partial charge on any atom is 0.261 e. The zero-order valence-electron chi connectivity index (χ0n) is 8.60. The molecule has 0 N–H and O–H groups in total. The first kappa shape index (κ1) is 12.1. The molecule has 0 saturated heterocycles. The van der Waals surface area contributed by atoms with E-state index in [1.807, 2.05) is 0 Å². The van der Waals surface area contributed by atoms with Gasteiger partial charge in [-0.15, -0.1) is 0 Å². The van der Waals surface area contributed by atoms with Gasteiger partial charge in [-0.3, -0.25) is 0 Å². The maximum atomic E-state index is 13.0. The summed E-state index contributed by atoms with van der Waals surface area (Å²) in [6.45, 7) is 0. The Labute approximate surface area is 103 Å². The number of hydrogen-bond donors (Lipinski definition) is 0. The van der Waals surface area contributed by atoms with Gasteiger partial charge in [-0.1, -0.05) is 24.3 Å². The molecule has 0 unspecified atom stereocenters. The standard InChI is InChI=1S/C12H8ClFO2S/c13-17(15,16)12-6-2-4-10(8-12)9-3-1-5-11(14)7-9/h1-8H. The molecule has 5 heteroatoms. The topological polar surface area (TPSA) is 34.1 Å². The largest absolute Gasteiger partial charge is 0.261 e. The third-order valence-corrected chi connectivity index (χ3v) is 3.63. The van der Waals surface area contributed by atoms with Crippen molar-refractivity contribution in [2.24, 2.45) is 0 Å². The lowest BCUT2D eigenvalue weighted by Gasteiger charge is -2.03. The third-order valence-electron chi connectivity index (χ3n) is 2.27. The fraction of sp³-hybridized carbons (Fsp3) is 0. The van der Waals surface area contributed by atoms with E-state index in [-0.39, 0.29) is 10.7 Å². The first-order chi connectivity index (χ1) is 7.97. The van der Waals surface area contributed by atoms with E-state index in [1.54, 1.807) is 24.3 Å². The van der Waals surface area contributed by atoms with Crippen LogP contribution in [0, 0.1) is 5.82 Å². The molecule has 0 atom stereocenters. The van der Waals surface area contributed by atoms with Gasteiger partial charge in [-0.25, -0.2) is 12.8 Å². The van der Waals surface area contributed by atoms with Gasteiger partial charge in [0.05, 0.1) is 4.90 Å². The van der Waals surface area contributed by atoms with Crippen LogP contribution >= 0.6 is 10.7 Å². The lowest BCUT2D eigenvalue weighted by atomic mass is 10.1. The summed E-state index contributed by atoms with van der Waals surface area (Å²) >= 11 is 0. The number of benzene rings is 2. The normalized spacial score (nSPS) is 11.4. The quantitative estimate of drug-likeness (QED) is 0.784. The van der Waals surface area contributed by atoms with Crippen molar-refractivity contribution in [3.8, 4) is 11.1 Å². The molecule has 2 aromatic rings. The summed E-state index contributed by atoms with van der Waals surface area (Å²) < 4.78 is 35.4. The second-order valence-corrected chi connectivity index (χ2v) is 6.04. The summed E-state index contributed by atoms with van der Waals surface area (Å²) in [6, 6.07) is 12.0. The molecule has 2 rings (SSSR count). The lowest BCUT2D eigenvalue weighted by Crippen LogP contribution is -1.90. The van der Waals surface area contributed by atoms with E-state index in [0.29, 0.717) is 11.1 Å². The second kappa shape index (κ2) is 4.47. The fourth-order valence-corrected chi connectivity index (χ4v) is 2.29. The average molecular weight is 271 g/mol. The zero-order valence-corrected chi connectivity index (χ0v) is 10.2. The summed E-state index contributed by atoms with van der Waals surface area (Å²) in [7, 11) is 1.48. The summed E-state index contributed by atoms with van der Waals surface area (Å²) in [5.74, 6) is -0.373. The van der Waals surface area contributed by atoms with Gasteiger partial charge in [0, 0.05) is 10.7 Å². The Kier molecular flexibility index (Phi) is 3.17. The van der Waals surface area contributed by atoms with Crippen LogP contribution in [0.3, 0.4) is 0 Å². The van der Waals surface area contributed by atoms with Gasteiger partial charge in [0.1, 0.15) is 5.82 Å². The van der Waals surface area contributed by atoms with E-state index in [2.05, 4.69) is 0 Å². The van der Waals surface area contributed by atoms with Crippen LogP contribution in [0.4, 0.5) is 4.39 Å². The van der Waals surface area contributed by atoms with Gasteiger partial charge in [0.2, 0.25) is 0 Å². The fourth-order valence-electron chi connectivity index (χ4n) is 1.50. The van der Waals surface area contributed by atoms with Gasteiger partial charge in [0.15, 0.2) is 0 Å². The van der Waals surface area contributed by atoms with Crippen LogP contribution in [0.25, 0.3) is 11.1 Å². The molecule has 17 heavy (non-hydrogen) atoms. The molecule has 0 aromatic heterocycles. The Morgan fingerprint density at radius 2 is 1.53 bits per heavy atom. The first-order valence-corrected chi connectivity index (χ1v) is 7.08. The monoisotopic (exact) mass is 270 g/mol. The Bertz CT molecular complexity index is 653. The highest BCUT2D eigenvalue weighted by atomic mass is 35.7. The smallest absolute Gasteiger partial charge is 0.207 e. The van der Waals surface area contributed by atoms with E-state index in [0.717, 1.165) is 0 Å². The van der Waals surface area contributed by atoms with Crippen molar-refractivity contribution in [1.82, 2.24) is 0 Å². The average Bonchev–Trinajstić information content (AvgIpc) is 2.28. The Morgan fingerprint density at radius 3 is 2.12 bits per heavy atom. The second-order valence-electron chi connectivity index (χ2n) is 3.48. The highest BCUT2D eigenvalue weighted by Crippen LogP contribution is 2.24. The van der Waals surface area contributed by atoms with Gasteiger partial charge in [-0.05, 0) is 35.4 Å². The van der Waals surface area contributed by atoms with E-state index < -0.39 is 9.05 Å². The third kappa shape index (κ3) is 2.84. The molecule has 0 radical (unpaired) electrons. The van der Waals surface area contributed by atoms with Gasteiger partial charge < -0.3 is 0 Å². The molecule has 2 nitrogen and oxygen atoms in total. The first-order valence-electron chi connectivity index (χ1n) is 4.77. The molecule has 0 aliphatic heterocycles. The van der Waals surface area contributed by atoms with Crippen molar-refractivity contribution >= 4 is 19.7 Å². The van der Waals surface area contributed by atoms with Crippen molar-refractivity contribution in [3.63, 3.8) is 0 Å². The van der Waals surface area contributed by atoms with Crippen molar-refractivity contribution in [2.75, 3.05) is 0 Å². The number of halogens is 2. The number of hydrogen-bond acceptors (Lipinski definition) is 2. The Morgan fingerprint density at radius 1 is 0.941 bits per heavy atom. The van der Waals surface area contributed by atoms with Gasteiger partial charge in [0.25, 0.3) is 9.05 Å². The van der Waals surface area contributed by atoms with Crippen LogP contribution in [0.2, 0.25) is 0 Å². The van der Waals surface area contributed by atoms with Crippen molar-refractivity contribution in [2.45, 2.75) is 4.90 Å². The van der Waals surface area contributed by atoms with Gasteiger partial charge in [-0.2, -0.15) is 0 Å². The summed E-state index contributed by atoms with van der Waals surface area (Å²) in [4.78, 5) is 0.000859. The molecule has 0 bridgehead atoms. The Balaban J connectivity index is 2.54. The van der Waals surface area contributed by atoms with Crippen molar-refractivity contribution < 1.29 is 12.8 Å². The molecule has 88 valence electrons. The molecular formula is C12H8ClFO2S. The molecule has 2 aromatic carbocycles. The minimum absolute atomic E-state index is 0.000859. The summed E-state index contributed by atoms with van der Waals surface area (Å²) in [6.07, 6.45) is 0. The predicted molar refractivity (Wildman–Crippen MR) is 64.9 cm³/mol. The molecule has 0 aliphatic rings. The predicted octanol–water partition coefficient (Wildman–Crippen LogP) is 3.42. The minimum Gasteiger partial charge on any atom is -0.207 e. The molecule has 0 saturated carbocycles. The molecule has 0 heterocycles. The van der Waals surface area contributed by atoms with Crippen LogP contribution < -0.4 is 0 Å². The lowest BCUT2D eigenvalue weighted by molar-refractivity contribution is 0.609. The summed E-state index contributed by atoms with van der Waals surface area (Å²) in [5.41, 5.74) is 1.21. The van der Waals surface area contributed by atoms with Crippen LogP contribution in [-0.4, -0.2) is 8.42 Å². The SMILES string of the molecule is O=S(=O)(Cl)c1cccc(-c2cccc(F)c2)c1. The maximum absolute atomic E-state index is 13.0.